The number of carbonyl (C=O) groups excluding carboxylic acids is 1. The van der Waals surface area contributed by atoms with Crippen molar-refractivity contribution in [3.63, 3.8) is 0 Å². The molecular formula is C25H47N3O5P+. The molecule has 0 radical (unpaired) electrons. The fraction of sp³-hybridized carbons (Fsp3) is 0.720. The second-order valence-electron chi connectivity index (χ2n) is 9.76. The molecule has 0 aromatic heterocycles. The third kappa shape index (κ3) is 16.2. The van der Waals surface area contributed by atoms with Gasteiger partial charge in [0.1, 0.15) is 13.2 Å². The Morgan fingerprint density at radius 2 is 1.47 bits per heavy atom. The Balaban J connectivity index is 2.46. The van der Waals surface area contributed by atoms with E-state index in [0.29, 0.717) is 23.3 Å². The van der Waals surface area contributed by atoms with Crippen molar-refractivity contribution < 1.29 is 27.8 Å². The minimum atomic E-state index is -4.15. The van der Waals surface area contributed by atoms with Crippen LogP contribution in [0.3, 0.4) is 0 Å². The lowest BCUT2D eigenvalue weighted by Crippen LogP contribution is -2.38. The molecule has 1 rings (SSSR count). The average molecular weight is 501 g/mol. The minimum absolute atomic E-state index is 0.0716. The Kier molecular flexibility index (Phi) is 15.4. The van der Waals surface area contributed by atoms with Gasteiger partial charge in [-0.05, 0) is 18.6 Å². The molecule has 0 saturated carbocycles. The second kappa shape index (κ2) is 17.1. The second-order valence-corrected chi connectivity index (χ2v) is 11.2. The lowest BCUT2D eigenvalue weighted by atomic mass is 10.1. The predicted octanol–water partition coefficient (Wildman–Crippen LogP) is 5.89. The molecule has 0 aliphatic heterocycles. The molecular weight excluding hydrogens is 453 g/mol. The smallest absolute Gasteiger partial charge is 0.329 e. The molecule has 0 spiro atoms. The fourth-order valence-electron chi connectivity index (χ4n) is 3.39. The van der Waals surface area contributed by atoms with Crippen LogP contribution in [0.15, 0.2) is 30.3 Å². The summed E-state index contributed by atoms with van der Waals surface area (Å²) in [5, 5.41) is 2.89. The number of hydrogen-bond acceptors (Lipinski definition) is 4. The number of likely N-dealkylation sites (N-methyl/N-ethyl adjacent to an activating group) is 1. The first-order valence-corrected chi connectivity index (χ1v) is 14.2. The van der Waals surface area contributed by atoms with Gasteiger partial charge in [0.25, 0.3) is 0 Å². The quantitative estimate of drug-likeness (QED) is 0.140. The van der Waals surface area contributed by atoms with Gasteiger partial charge in [0.15, 0.2) is 0 Å². The highest BCUT2D eigenvalue weighted by atomic mass is 31.2. The van der Waals surface area contributed by atoms with Crippen molar-refractivity contribution in [2.75, 3.05) is 59.3 Å². The number of rotatable bonds is 19. The Bertz CT molecular complexity index is 712. The molecule has 1 aromatic rings. The predicted molar refractivity (Wildman–Crippen MR) is 139 cm³/mol. The summed E-state index contributed by atoms with van der Waals surface area (Å²) in [6.45, 7) is 3.63. The van der Waals surface area contributed by atoms with E-state index >= 15 is 0 Å². The number of quaternary nitrogens is 1. The van der Waals surface area contributed by atoms with Crippen LogP contribution in [-0.4, -0.2) is 74.3 Å². The van der Waals surface area contributed by atoms with Crippen molar-refractivity contribution in [1.29, 1.82) is 0 Å². The zero-order chi connectivity index (χ0) is 25.3. The number of para-hydroxylation sites is 1. The lowest BCUT2D eigenvalue weighted by Gasteiger charge is -2.25. The molecule has 0 fully saturated rings. The zero-order valence-electron chi connectivity index (χ0n) is 21.7. The van der Waals surface area contributed by atoms with E-state index in [9.17, 15) is 14.3 Å². The first-order chi connectivity index (χ1) is 16.1. The van der Waals surface area contributed by atoms with E-state index in [1.165, 1.54) is 38.5 Å². The van der Waals surface area contributed by atoms with Gasteiger partial charge in [-0.2, -0.15) is 0 Å². The highest BCUT2D eigenvalue weighted by molar-refractivity contribution is 7.47. The van der Waals surface area contributed by atoms with Crippen LogP contribution in [0.5, 0.6) is 0 Å². The number of nitrogens with one attached hydrogen (secondary N) is 1. The van der Waals surface area contributed by atoms with E-state index in [1.807, 2.05) is 51.5 Å². The number of anilines is 1. The van der Waals surface area contributed by atoms with Crippen molar-refractivity contribution in [3.05, 3.63) is 30.3 Å². The number of carbonyl (C=O) groups is 1. The average Bonchev–Trinajstić information content (AvgIpc) is 2.76. The van der Waals surface area contributed by atoms with Gasteiger partial charge in [-0.3, -0.25) is 9.05 Å². The number of benzene rings is 1. The lowest BCUT2D eigenvalue weighted by molar-refractivity contribution is -0.870. The number of phosphoric acid groups is 1. The van der Waals surface area contributed by atoms with Gasteiger partial charge in [0.05, 0.1) is 27.7 Å². The van der Waals surface area contributed by atoms with E-state index in [1.54, 1.807) is 4.90 Å². The third-order valence-electron chi connectivity index (χ3n) is 5.48. The summed E-state index contributed by atoms with van der Waals surface area (Å²) in [7, 11) is 1.77. The molecule has 8 nitrogen and oxygen atoms in total. The molecule has 0 heterocycles. The molecule has 9 heteroatoms. The fourth-order valence-corrected chi connectivity index (χ4v) is 4.09. The SMILES string of the molecule is CCCCCCCCCCCN(CCOP(=O)(O)OCC[N+](C)(C)C)C(=O)Nc1ccccc1. The molecule has 1 aromatic carbocycles. The number of urea groups is 1. The molecule has 34 heavy (non-hydrogen) atoms. The summed E-state index contributed by atoms with van der Waals surface area (Å²) in [5.41, 5.74) is 0.710. The molecule has 0 aliphatic carbocycles. The molecule has 2 N–H and O–H groups in total. The Labute approximate surface area is 206 Å². The first-order valence-electron chi connectivity index (χ1n) is 12.7. The molecule has 1 atom stereocenters. The minimum Gasteiger partial charge on any atom is -0.329 e. The van der Waals surface area contributed by atoms with Crippen LogP contribution in [-0.2, 0) is 13.6 Å². The van der Waals surface area contributed by atoms with Crippen molar-refractivity contribution in [2.45, 2.75) is 64.7 Å². The largest absolute Gasteiger partial charge is 0.472 e. The summed E-state index contributed by atoms with van der Waals surface area (Å²) in [6.07, 6.45) is 10.8. The highest BCUT2D eigenvalue weighted by Crippen LogP contribution is 2.42. The van der Waals surface area contributed by atoms with Crippen LogP contribution in [0.25, 0.3) is 0 Å². The van der Waals surface area contributed by atoms with Gasteiger partial charge >= 0.3 is 13.9 Å². The Morgan fingerprint density at radius 1 is 0.912 bits per heavy atom. The van der Waals surface area contributed by atoms with Gasteiger partial charge in [-0.25, -0.2) is 9.36 Å². The van der Waals surface area contributed by atoms with E-state index in [0.717, 1.165) is 19.3 Å². The third-order valence-corrected chi connectivity index (χ3v) is 6.49. The maximum absolute atomic E-state index is 12.8. The van der Waals surface area contributed by atoms with Gasteiger partial charge in [0, 0.05) is 18.8 Å². The van der Waals surface area contributed by atoms with Crippen LogP contribution in [0, 0.1) is 0 Å². The molecule has 1 unspecified atom stereocenters. The Morgan fingerprint density at radius 3 is 2.06 bits per heavy atom. The van der Waals surface area contributed by atoms with Crippen molar-refractivity contribution in [1.82, 2.24) is 4.90 Å². The number of unbranched alkanes of at least 4 members (excludes halogenated alkanes) is 8. The maximum Gasteiger partial charge on any atom is 0.472 e. The molecule has 0 bridgehead atoms. The van der Waals surface area contributed by atoms with Gasteiger partial charge in [-0.15, -0.1) is 0 Å². The van der Waals surface area contributed by atoms with Crippen molar-refractivity contribution in [3.8, 4) is 0 Å². The number of amides is 2. The molecule has 0 aliphatic rings. The van der Waals surface area contributed by atoms with Gasteiger partial charge in [0.2, 0.25) is 0 Å². The van der Waals surface area contributed by atoms with Gasteiger partial charge < -0.3 is 19.6 Å². The van der Waals surface area contributed by atoms with Crippen LogP contribution >= 0.6 is 7.82 Å². The monoisotopic (exact) mass is 500 g/mol. The van der Waals surface area contributed by atoms with Crippen molar-refractivity contribution >= 4 is 19.5 Å². The highest BCUT2D eigenvalue weighted by Gasteiger charge is 2.23. The summed E-state index contributed by atoms with van der Waals surface area (Å²) < 4.78 is 23.0. The van der Waals surface area contributed by atoms with E-state index < -0.39 is 7.82 Å². The van der Waals surface area contributed by atoms with Gasteiger partial charge in [-0.1, -0.05) is 76.5 Å². The van der Waals surface area contributed by atoms with E-state index in [-0.39, 0.29) is 25.8 Å². The zero-order valence-corrected chi connectivity index (χ0v) is 22.6. The number of nitrogens with zero attached hydrogens (tertiary/aromatic N) is 2. The number of phosphoric ester groups is 1. The summed E-state index contributed by atoms with van der Waals surface area (Å²) in [6, 6.07) is 9.02. The van der Waals surface area contributed by atoms with Crippen LogP contribution in [0.2, 0.25) is 0 Å². The topological polar surface area (TPSA) is 88.1 Å². The van der Waals surface area contributed by atoms with Crippen LogP contribution < -0.4 is 5.32 Å². The summed E-state index contributed by atoms with van der Waals surface area (Å²) in [5.74, 6) is 0. The summed E-state index contributed by atoms with van der Waals surface area (Å²) >= 11 is 0. The van der Waals surface area contributed by atoms with Crippen molar-refractivity contribution in [2.24, 2.45) is 0 Å². The maximum atomic E-state index is 12.8. The van der Waals surface area contributed by atoms with E-state index in [4.69, 9.17) is 9.05 Å². The standard InChI is InChI=1S/C25H46N3O5P/c1-5-6-7-8-9-10-11-12-16-19-27(25(29)26-24-17-14-13-15-18-24)20-22-32-34(30,31)33-23-21-28(2,3)4/h13-15,17-18H,5-12,16,19-23H2,1-4H3,(H-,26,29,30,31)/p+1. The Hall–Kier alpha value is -1.44. The number of hydrogen-bond donors (Lipinski definition) is 2. The van der Waals surface area contributed by atoms with E-state index in [2.05, 4.69) is 12.2 Å². The van der Waals surface area contributed by atoms with Crippen LogP contribution in [0.1, 0.15) is 64.7 Å². The van der Waals surface area contributed by atoms with Crippen LogP contribution in [0.4, 0.5) is 10.5 Å². The molecule has 196 valence electrons. The molecule has 2 amide bonds. The summed E-state index contributed by atoms with van der Waals surface area (Å²) in [4.78, 5) is 24.4. The normalized spacial score (nSPS) is 13.4. The molecule has 0 saturated heterocycles. The first kappa shape index (κ1) is 30.6.